The van der Waals surface area contributed by atoms with E-state index < -0.39 is 0 Å². The minimum Gasteiger partial charge on any atom is -0.374 e. The Morgan fingerprint density at radius 2 is 2.06 bits per heavy atom. The normalized spacial score (nSPS) is 11.3. The van der Waals surface area contributed by atoms with E-state index in [0.29, 0.717) is 18.7 Å². The first kappa shape index (κ1) is 14.4. The van der Waals surface area contributed by atoms with Crippen molar-refractivity contribution >= 4 is 28.5 Å². The average molecular weight is 347 g/mol. The zero-order valence-electron chi connectivity index (χ0n) is 10.4. The minimum atomic E-state index is -0.329. The van der Waals surface area contributed by atoms with E-state index in [1.165, 1.54) is 0 Å². The van der Waals surface area contributed by atoms with E-state index in [0.717, 1.165) is 3.57 Å². The van der Waals surface area contributed by atoms with Crippen LogP contribution in [0.25, 0.3) is 0 Å². The third-order valence-corrected chi connectivity index (χ3v) is 3.27. The van der Waals surface area contributed by atoms with Crippen LogP contribution < -0.4 is 5.32 Å². The third-order valence-electron chi connectivity index (χ3n) is 2.33. The number of amides is 1. The van der Waals surface area contributed by atoms with Gasteiger partial charge in [0.15, 0.2) is 0 Å². The third kappa shape index (κ3) is 4.63. The Morgan fingerprint density at radius 1 is 1.41 bits per heavy atom. The van der Waals surface area contributed by atoms with Crippen molar-refractivity contribution in [1.82, 2.24) is 5.32 Å². The fourth-order valence-electron chi connectivity index (χ4n) is 1.48. The first-order valence-corrected chi connectivity index (χ1v) is 6.71. The Labute approximate surface area is 116 Å². The highest BCUT2D eigenvalue weighted by atomic mass is 127. The molecule has 1 N–H and O–H groups in total. The number of ether oxygens (including phenoxy) is 1. The van der Waals surface area contributed by atoms with Crippen molar-refractivity contribution in [2.45, 2.75) is 26.4 Å². The standard InChI is InChI=1S/C13H18INO2/c1-4-17-13(2,3)9-15-12(16)10-7-5-6-8-11(10)14/h5-8H,4,9H2,1-3H3,(H,15,16). The molecule has 0 radical (unpaired) electrons. The molecule has 0 aliphatic carbocycles. The highest BCUT2D eigenvalue weighted by Crippen LogP contribution is 2.12. The highest BCUT2D eigenvalue weighted by Gasteiger charge is 2.19. The summed E-state index contributed by atoms with van der Waals surface area (Å²) in [5, 5.41) is 2.90. The van der Waals surface area contributed by atoms with Gasteiger partial charge in [-0.1, -0.05) is 12.1 Å². The molecule has 0 aliphatic rings. The smallest absolute Gasteiger partial charge is 0.252 e. The Bertz CT molecular complexity index is 391. The van der Waals surface area contributed by atoms with Crippen LogP contribution in [0.3, 0.4) is 0 Å². The summed E-state index contributed by atoms with van der Waals surface area (Å²) < 4.78 is 6.48. The molecule has 0 aromatic heterocycles. The Kier molecular flexibility index (Phi) is 5.39. The van der Waals surface area contributed by atoms with Crippen LogP contribution in [0.1, 0.15) is 31.1 Å². The van der Waals surface area contributed by atoms with Crippen molar-refractivity contribution in [3.63, 3.8) is 0 Å². The van der Waals surface area contributed by atoms with Gasteiger partial charge in [-0.3, -0.25) is 4.79 Å². The number of halogens is 1. The van der Waals surface area contributed by atoms with Crippen LogP contribution in [0, 0.1) is 3.57 Å². The van der Waals surface area contributed by atoms with Crippen LogP contribution in [0.15, 0.2) is 24.3 Å². The van der Waals surface area contributed by atoms with Gasteiger partial charge in [-0.2, -0.15) is 0 Å². The number of hydrogen-bond donors (Lipinski definition) is 1. The van der Waals surface area contributed by atoms with Crippen LogP contribution in [0.4, 0.5) is 0 Å². The molecule has 1 rings (SSSR count). The first-order chi connectivity index (χ1) is 7.96. The lowest BCUT2D eigenvalue weighted by Crippen LogP contribution is -2.40. The van der Waals surface area contributed by atoms with Crippen molar-refractivity contribution < 1.29 is 9.53 Å². The van der Waals surface area contributed by atoms with Crippen molar-refractivity contribution in [1.29, 1.82) is 0 Å². The summed E-state index contributed by atoms with van der Waals surface area (Å²) in [6.07, 6.45) is 0. The summed E-state index contributed by atoms with van der Waals surface area (Å²) in [6, 6.07) is 7.53. The number of hydrogen-bond acceptors (Lipinski definition) is 2. The zero-order chi connectivity index (χ0) is 12.9. The summed E-state index contributed by atoms with van der Waals surface area (Å²) >= 11 is 2.16. The van der Waals surface area contributed by atoms with Gasteiger partial charge in [-0.25, -0.2) is 0 Å². The summed E-state index contributed by atoms with van der Waals surface area (Å²) in [4.78, 5) is 11.9. The van der Waals surface area contributed by atoms with E-state index in [2.05, 4.69) is 27.9 Å². The molecule has 0 atom stereocenters. The van der Waals surface area contributed by atoms with Crippen LogP contribution in [0.5, 0.6) is 0 Å². The molecule has 0 spiro atoms. The number of nitrogens with one attached hydrogen (secondary N) is 1. The van der Waals surface area contributed by atoms with Crippen molar-refractivity contribution in [2.75, 3.05) is 13.2 Å². The van der Waals surface area contributed by atoms with Crippen LogP contribution >= 0.6 is 22.6 Å². The topological polar surface area (TPSA) is 38.3 Å². The molecule has 94 valence electrons. The fraction of sp³-hybridized carbons (Fsp3) is 0.462. The molecule has 0 saturated carbocycles. The zero-order valence-corrected chi connectivity index (χ0v) is 12.6. The van der Waals surface area contributed by atoms with Gasteiger partial charge in [0.25, 0.3) is 5.91 Å². The predicted octanol–water partition coefficient (Wildman–Crippen LogP) is 2.84. The Morgan fingerprint density at radius 3 is 2.65 bits per heavy atom. The number of carbonyl (C=O) groups excluding carboxylic acids is 1. The largest absolute Gasteiger partial charge is 0.374 e. The van der Waals surface area contributed by atoms with Gasteiger partial charge in [0.05, 0.1) is 11.2 Å². The molecule has 0 unspecified atom stereocenters. The molecule has 4 heteroatoms. The van der Waals surface area contributed by atoms with Crippen molar-refractivity contribution in [3.05, 3.63) is 33.4 Å². The van der Waals surface area contributed by atoms with E-state index in [1.54, 1.807) is 0 Å². The van der Waals surface area contributed by atoms with E-state index in [4.69, 9.17) is 4.74 Å². The fourth-order valence-corrected chi connectivity index (χ4v) is 2.11. The molecule has 1 aromatic carbocycles. The maximum atomic E-state index is 11.9. The summed E-state index contributed by atoms with van der Waals surface area (Å²) in [7, 11) is 0. The molecule has 0 aliphatic heterocycles. The van der Waals surface area contributed by atoms with Crippen molar-refractivity contribution in [3.8, 4) is 0 Å². The maximum absolute atomic E-state index is 11.9. The molecular weight excluding hydrogens is 329 g/mol. The van der Waals surface area contributed by atoms with Gasteiger partial charge in [-0.15, -0.1) is 0 Å². The molecule has 0 bridgehead atoms. The first-order valence-electron chi connectivity index (χ1n) is 5.63. The SMILES string of the molecule is CCOC(C)(C)CNC(=O)c1ccccc1I. The van der Waals surface area contributed by atoms with Gasteiger partial charge in [-0.05, 0) is 55.5 Å². The van der Waals surface area contributed by atoms with E-state index >= 15 is 0 Å². The summed E-state index contributed by atoms with van der Waals surface area (Å²) in [5.74, 6) is -0.0530. The van der Waals surface area contributed by atoms with E-state index in [-0.39, 0.29) is 11.5 Å². The van der Waals surface area contributed by atoms with Gasteiger partial charge >= 0.3 is 0 Å². The lowest BCUT2D eigenvalue weighted by Gasteiger charge is -2.24. The molecule has 17 heavy (non-hydrogen) atoms. The molecule has 1 amide bonds. The molecule has 0 saturated heterocycles. The van der Waals surface area contributed by atoms with E-state index in [1.807, 2.05) is 45.0 Å². The average Bonchev–Trinajstić information content (AvgIpc) is 2.27. The summed E-state index contributed by atoms with van der Waals surface area (Å²) in [5.41, 5.74) is 0.380. The lowest BCUT2D eigenvalue weighted by atomic mass is 10.1. The minimum absolute atomic E-state index is 0.0530. The second-order valence-corrected chi connectivity index (χ2v) is 5.52. The predicted molar refractivity (Wildman–Crippen MR) is 77.2 cm³/mol. The number of rotatable bonds is 5. The quantitative estimate of drug-likeness (QED) is 0.832. The molecular formula is C13H18INO2. The van der Waals surface area contributed by atoms with Crippen LogP contribution in [0.2, 0.25) is 0 Å². The van der Waals surface area contributed by atoms with Gasteiger partial charge in [0.1, 0.15) is 0 Å². The van der Waals surface area contributed by atoms with Crippen LogP contribution in [-0.4, -0.2) is 24.7 Å². The molecule has 0 fully saturated rings. The highest BCUT2D eigenvalue weighted by molar-refractivity contribution is 14.1. The number of carbonyl (C=O) groups is 1. The monoisotopic (exact) mass is 347 g/mol. The summed E-state index contributed by atoms with van der Waals surface area (Å²) in [6.45, 7) is 7.03. The lowest BCUT2D eigenvalue weighted by molar-refractivity contribution is -0.00816. The Hall–Kier alpha value is -0.620. The van der Waals surface area contributed by atoms with Gasteiger partial charge in [0, 0.05) is 16.7 Å². The van der Waals surface area contributed by atoms with Gasteiger partial charge in [0.2, 0.25) is 0 Å². The van der Waals surface area contributed by atoms with E-state index in [9.17, 15) is 4.79 Å². The van der Waals surface area contributed by atoms with Crippen LogP contribution in [-0.2, 0) is 4.74 Å². The number of benzene rings is 1. The Balaban J connectivity index is 2.59. The second kappa shape index (κ2) is 6.35. The molecule has 0 heterocycles. The second-order valence-electron chi connectivity index (χ2n) is 4.36. The molecule has 1 aromatic rings. The molecule has 3 nitrogen and oxygen atoms in total. The van der Waals surface area contributed by atoms with Gasteiger partial charge < -0.3 is 10.1 Å². The maximum Gasteiger partial charge on any atom is 0.252 e. The van der Waals surface area contributed by atoms with Crippen molar-refractivity contribution in [2.24, 2.45) is 0 Å².